The summed E-state index contributed by atoms with van der Waals surface area (Å²) in [6.45, 7) is 3.24. The van der Waals surface area contributed by atoms with E-state index in [2.05, 4.69) is 20.4 Å². The van der Waals surface area contributed by atoms with E-state index in [-0.39, 0.29) is 23.8 Å². The van der Waals surface area contributed by atoms with Crippen LogP contribution in [-0.4, -0.2) is 46.1 Å². The number of carbonyl (C=O) groups excluding carboxylic acids is 1. The largest absolute Gasteiger partial charge is 0.378 e. The normalized spacial score (nSPS) is 19.1. The minimum Gasteiger partial charge on any atom is -0.378 e. The Kier molecular flexibility index (Phi) is 5.10. The number of alkyl halides is 2. The topological polar surface area (TPSA) is 117 Å². The van der Waals surface area contributed by atoms with Gasteiger partial charge in [0.05, 0.1) is 23.5 Å². The molecule has 4 rings (SSSR count). The zero-order valence-electron chi connectivity index (χ0n) is 17.3. The number of aryl methyl sites for hydroxylation is 1. The molecule has 0 bridgehead atoms. The number of nitrogens with two attached hydrogens (primary N) is 1. The van der Waals surface area contributed by atoms with Crippen molar-refractivity contribution < 1.29 is 23.0 Å². The summed E-state index contributed by atoms with van der Waals surface area (Å²) in [4.78, 5) is 20.0. The van der Waals surface area contributed by atoms with E-state index in [1.165, 1.54) is 30.1 Å². The van der Waals surface area contributed by atoms with E-state index in [0.717, 1.165) is 6.92 Å². The summed E-state index contributed by atoms with van der Waals surface area (Å²) in [6, 6.07) is 3.42. The van der Waals surface area contributed by atoms with Crippen LogP contribution in [0.1, 0.15) is 30.3 Å². The number of carbonyl (C=O) groups is 1. The van der Waals surface area contributed by atoms with Crippen LogP contribution in [0, 0.1) is 6.92 Å². The summed E-state index contributed by atoms with van der Waals surface area (Å²) in [5.41, 5.74) is 5.52. The number of pyridine rings is 2. The molecule has 0 aliphatic carbocycles. The molecule has 3 aromatic heterocycles. The zero-order valence-corrected chi connectivity index (χ0v) is 17.3. The fraction of sp³-hybridized carbons (Fsp3) is 0.400. The van der Waals surface area contributed by atoms with Gasteiger partial charge in [-0.3, -0.25) is 5.32 Å². The molecule has 4 heterocycles. The quantitative estimate of drug-likeness (QED) is 0.640. The van der Waals surface area contributed by atoms with Gasteiger partial charge in [0.2, 0.25) is 0 Å². The second-order valence-corrected chi connectivity index (χ2v) is 7.56. The molecule has 3 N–H and O–H groups in total. The maximum Gasteiger partial charge on any atom is 0.317 e. The predicted molar refractivity (Wildman–Crippen MR) is 108 cm³/mol. The summed E-state index contributed by atoms with van der Waals surface area (Å²) in [7, 11) is 1.51. The molecule has 9 nitrogen and oxygen atoms in total. The Morgan fingerprint density at radius 1 is 1.39 bits per heavy atom. The van der Waals surface area contributed by atoms with Crippen LogP contribution in [0.4, 0.5) is 19.4 Å². The van der Waals surface area contributed by atoms with Gasteiger partial charge in [-0.25, -0.2) is 28.2 Å². The Balaban J connectivity index is 1.94. The number of halogens is 2. The van der Waals surface area contributed by atoms with Gasteiger partial charge in [0.15, 0.2) is 5.82 Å². The first-order valence-corrected chi connectivity index (χ1v) is 9.59. The molecule has 164 valence electrons. The number of urea groups is 1. The lowest BCUT2D eigenvalue weighted by Gasteiger charge is -2.27. The second kappa shape index (κ2) is 7.50. The Morgan fingerprint density at radius 3 is 2.77 bits per heavy atom. The highest BCUT2D eigenvalue weighted by Crippen LogP contribution is 2.37. The number of fused-ring (bicyclic) bond motifs is 1. The standard InChI is InChI=1S/C20H22F2N6O3/c1-11-13-9-24-16(26-18(23)29)8-14(13)28(27-11)17-7-12(19(2,21)22)6-15(25-17)20(30-3)4-5-31-10-20/h6-9H,4-5,10H2,1-3H3,(H3,23,24,26,29)/t20-/m0/s1. The lowest BCUT2D eigenvalue weighted by atomic mass is 9.95. The average Bonchev–Trinajstić information content (AvgIpc) is 3.32. The molecule has 11 heteroatoms. The molecule has 0 unspecified atom stereocenters. The molecule has 1 aliphatic heterocycles. The van der Waals surface area contributed by atoms with Gasteiger partial charge in [-0.2, -0.15) is 5.10 Å². The van der Waals surface area contributed by atoms with E-state index in [1.807, 2.05) is 0 Å². The van der Waals surface area contributed by atoms with Gasteiger partial charge in [-0.1, -0.05) is 0 Å². The minimum atomic E-state index is -3.11. The molecule has 31 heavy (non-hydrogen) atoms. The monoisotopic (exact) mass is 432 g/mol. The van der Waals surface area contributed by atoms with Crippen molar-refractivity contribution >= 4 is 22.8 Å². The third kappa shape index (κ3) is 3.81. The number of nitrogens with zero attached hydrogens (tertiary/aromatic N) is 4. The van der Waals surface area contributed by atoms with Crippen molar-refractivity contribution in [1.29, 1.82) is 0 Å². The summed E-state index contributed by atoms with van der Waals surface area (Å²) in [5, 5.41) is 7.55. The summed E-state index contributed by atoms with van der Waals surface area (Å²) in [6.07, 6.45) is 2.02. The molecular formula is C20H22F2N6O3. The van der Waals surface area contributed by atoms with Crippen molar-refractivity contribution in [1.82, 2.24) is 19.7 Å². The lowest BCUT2D eigenvalue weighted by molar-refractivity contribution is -0.0256. The number of methoxy groups -OCH3 is 1. The van der Waals surface area contributed by atoms with Crippen LogP contribution in [0.15, 0.2) is 24.4 Å². The van der Waals surface area contributed by atoms with Crippen molar-refractivity contribution in [2.24, 2.45) is 5.73 Å². The number of hydrogen-bond donors (Lipinski definition) is 2. The fourth-order valence-electron chi connectivity index (χ4n) is 3.65. The third-order valence-electron chi connectivity index (χ3n) is 5.38. The highest BCUT2D eigenvalue weighted by molar-refractivity contribution is 5.90. The Hall–Kier alpha value is -3.18. The average molecular weight is 432 g/mol. The van der Waals surface area contributed by atoms with E-state index < -0.39 is 17.6 Å². The molecule has 1 aliphatic rings. The molecule has 0 saturated carbocycles. The molecule has 1 fully saturated rings. The minimum absolute atomic E-state index is 0.187. The van der Waals surface area contributed by atoms with Gasteiger partial charge in [0, 0.05) is 50.3 Å². The maximum atomic E-state index is 14.4. The van der Waals surface area contributed by atoms with Crippen LogP contribution < -0.4 is 11.1 Å². The summed E-state index contributed by atoms with van der Waals surface area (Å²) in [5.74, 6) is -2.72. The third-order valence-corrected chi connectivity index (χ3v) is 5.38. The van der Waals surface area contributed by atoms with Gasteiger partial charge in [0.25, 0.3) is 5.92 Å². The molecule has 3 aromatic rings. The zero-order chi connectivity index (χ0) is 22.4. The molecule has 0 radical (unpaired) electrons. The molecule has 0 spiro atoms. The van der Waals surface area contributed by atoms with Crippen molar-refractivity contribution in [3.63, 3.8) is 0 Å². The molecule has 1 saturated heterocycles. The number of aromatic nitrogens is 4. The Morgan fingerprint density at radius 2 is 2.16 bits per heavy atom. The smallest absolute Gasteiger partial charge is 0.317 e. The van der Waals surface area contributed by atoms with E-state index in [1.54, 1.807) is 13.0 Å². The van der Waals surface area contributed by atoms with Crippen LogP contribution in [0.25, 0.3) is 16.7 Å². The van der Waals surface area contributed by atoms with Crippen molar-refractivity contribution in [2.45, 2.75) is 31.8 Å². The Labute approximate surface area is 176 Å². The van der Waals surface area contributed by atoms with Gasteiger partial charge in [-0.15, -0.1) is 0 Å². The van der Waals surface area contributed by atoms with E-state index in [9.17, 15) is 13.6 Å². The van der Waals surface area contributed by atoms with E-state index in [4.69, 9.17) is 15.2 Å². The van der Waals surface area contributed by atoms with Crippen LogP contribution in [0.5, 0.6) is 0 Å². The van der Waals surface area contributed by atoms with Crippen molar-refractivity contribution in [2.75, 3.05) is 25.6 Å². The van der Waals surface area contributed by atoms with Crippen molar-refractivity contribution in [3.8, 4) is 5.82 Å². The maximum absolute atomic E-state index is 14.4. The molecule has 2 amide bonds. The number of primary amides is 1. The number of rotatable bonds is 5. The summed E-state index contributed by atoms with van der Waals surface area (Å²) < 4.78 is 41.3. The first-order valence-electron chi connectivity index (χ1n) is 9.59. The van der Waals surface area contributed by atoms with Gasteiger partial charge in [0.1, 0.15) is 11.4 Å². The number of anilines is 1. The highest BCUT2D eigenvalue weighted by Gasteiger charge is 2.40. The predicted octanol–water partition coefficient (Wildman–Crippen LogP) is 2.99. The first kappa shape index (κ1) is 21.1. The molecule has 0 aromatic carbocycles. The number of nitrogens with one attached hydrogen (secondary N) is 1. The number of hydrogen-bond acceptors (Lipinski definition) is 6. The first-order chi connectivity index (χ1) is 14.6. The molecule has 1 atom stereocenters. The van der Waals surface area contributed by atoms with Gasteiger partial charge in [-0.05, 0) is 19.1 Å². The van der Waals surface area contributed by atoms with Gasteiger partial charge < -0.3 is 15.2 Å². The number of amides is 2. The van der Waals surface area contributed by atoms with Gasteiger partial charge >= 0.3 is 6.03 Å². The fourth-order valence-corrected chi connectivity index (χ4v) is 3.65. The van der Waals surface area contributed by atoms with Crippen LogP contribution in [0.2, 0.25) is 0 Å². The van der Waals surface area contributed by atoms with Crippen molar-refractivity contribution in [3.05, 3.63) is 41.3 Å². The lowest BCUT2D eigenvalue weighted by Crippen LogP contribution is -2.31. The highest BCUT2D eigenvalue weighted by atomic mass is 19.3. The van der Waals surface area contributed by atoms with Crippen LogP contribution in [0.3, 0.4) is 0 Å². The van der Waals surface area contributed by atoms with Crippen LogP contribution in [-0.2, 0) is 21.0 Å². The summed E-state index contributed by atoms with van der Waals surface area (Å²) >= 11 is 0. The van der Waals surface area contributed by atoms with Crippen LogP contribution >= 0.6 is 0 Å². The second-order valence-electron chi connectivity index (χ2n) is 7.56. The van der Waals surface area contributed by atoms with E-state index in [0.29, 0.717) is 35.3 Å². The Bertz CT molecular complexity index is 1150. The SMILES string of the molecule is CO[C@@]1(c2cc(C(C)(F)F)cc(-n3nc(C)c4cnc(NC(N)=O)cc43)n2)CCOC1. The number of ether oxygens (including phenoxy) is 2. The molecular weight excluding hydrogens is 410 g/mol. The van der Waals surface area contributed by atoms with E-state index >= 15 is 0 Å².